The van der Waals surface area contributed by atoms with Crippen molar-refractivity contribution in [2.75, 3.05) is 11.4 Å². The van der Waals surface area contributed by atoms with Crippen LogP contribution < -0.4 is 9.62 Å². The maximum Gasteiger partial charge on any atom is 0.264 e. The van der Waals surface area contributed by atoms with Crippen molar-refractivity contribution in [1.29, 1.82) is 0 Å². The Hall–Kier alpha value is -3.69. The predicted octanol–water partition coefficient (Wildman–Crippen LogP) is 4.42. The third-order valence-corrected chi connectivity index (χ3v) is 7.19. The summed E-state index contributed by atoms with van der Waals surface area (Å²) >= 11 is 5.98. The summed E-state index contributed by atoms with van der Waals surface area (Å²) in [5, 5.41) is 3.10. The van der Waals surface area contributed by atoms with E-state index in [0.29, 0.717) is 22.0 Å². The zero-order chi connectivity index (χ0) is 24.3. The van der Waals surface area contributed by atoms with E-state index in [1.165, 1.54) is 49.8 Å². The lowest BCUT2D eigenvalue weighted by Gasteiger charge is -2.20. The maximum atomic E-state index is 14.4. The number of halogens is 2. The van der Waals surface area contributed by atoms with Crippen molar-refractivity contribution in [1.82, 2.24) is 14.9 Å². The van der Waals surface area contributed by atoms with Crippen LogP contribution in [0, 0.1) is 5.82 Å². The van der Waals surface area contributed by atoms with Gasteiger partial charge in [0.15, 0.2) is 0 Å². The highest BCUT2D eigenvalue weighted by atomic mass is 35.5. The topological polar surface area (TPSA) is 84.3 Å². The van der Waals surface area contributed by atoms with Gasteiger partial charge >= 0.3 is 0 Å². The number of rotatable bonds is 7. The number of carbonyl (C=O) groups excluding carboxylic acids is 1. The van der Waals surface area contributed by atoms with Crippen LogP contribution in [-0.2, 0) is 16.6 Å². The molecule has 0 radical (unpaired) electrons. The molecule has 7 nitrogen and oxygen atoms in total. The summed E-state index contributed by atoms with van der Waals surface area (Å²) in [5.74, 6) is -0.941. The number of sulfonamides is 1. The van der Waals surface area contributed by atoms with Crippen LogP contribution in [0.3, 0.4) is 0 Å². The monoisotopic (exact) mass is 498 g/mol. The van der Waals surface area contributed by atoms with Crippen molar-refractivity contribution in [2.45, 2.75) is 11.4 Å². The zero-order valence-corrected chi connectivity index (χ0v) is 19.6. The molecule has 0 saturated carbocycles. The molecular formula is C24H20ClFN4O3S. The van der Waals surface area contributed by atoms with Gasteiger partial charge in [-0.05, 0) is 54.1 Å². The number of amides is 1. The number of hydrogen-bond donors (Lipinski definition) is 1. The Morgan fingerprint density at radius 1 is 1.12 bits per heavy atom. The van der Waals surface area contributed by atoms with Crippen molar-refractivity contribution in [2.24, 2.45) is 0 Å². The first-order valence-corrected chi connectivity index (χ1v) is 12.0. The number of benzene rings is 3. The van der Waals surface area contributed by atoms with Crippen LogP contribution in [0.5, 0.6) is 0 Å². The third-order valence-electron chi connectivity index (χ3n) is 5.17. The Kier molecular flexibility index (Phi) is 6.67. The second-order valence-electron chi connectivity index (χ2n) is 7.42. The van der Waals surface area contributed by atoms with Crippen LogP contribution >= 0.6 is 11.6 Å². The Balaban J connectivity index is 1.48. The summed E-state index contributed by atoms with van der Waals surface area (Å²) < 4.78 is 43.2. The third kappa shape index (κ3) is 4.95. The lowest BCUT2D eigenvalue weighted by molar-refractivity contribution is 0.0950. The van der Waals surface area contributed by atoms with Gasteiger partial charge in [-0.1, -0.05) is 29.8 Å². The van der Waals surface area contributed by atoms with E-state index in [9.17, 15) is 17.6 Å². The van der Waals surface area contributed by atoms with E-state index in [1.54, 1.807) is 47.3 Å². The SMILES string of the molecule is CN(c1cccc(Cl)c1)S(=O)(=O)c1cccc(C(=O)NCc2ccc(-n3ccnc3)c(F)c2)c1. The maximum absolute atomic E-state index is 14.4. The van der Waals surface area contributed by atoms with Gasteiger partial charge in [-0.3, -0.25) is 9.10 Å². The molecular weight excluding hydrogens is 479 g/mol. The number of hydrogen-bond acceptors (Lipinski definition) is 4. The molecule has 10 heteroatoms. The van der Waals surface area contributed by atoms with E-state index in [-0.39, 0.29) is 17.0 Å². The molecule has 0 fully saturated rings. The second-order valence-corrected chi connectivity index (χ2v) is 9.82. The van der Waals surface area contributed by atoms with E-state index in [4.69, 9.17) is 11.6 Å². The van der Waals surface area contributed by atoms with E-state index >= 15 is 0 Å². The first-order chi connectivity index (χ1) is 16.3. The summed E-state index contributed by atoms with van der Waals surface area (Å²) in [4.78, 5) is 16.5. The fourth-order valence-corrected chi connectivity index (χ4v) is 4.74. The van der Waals surface area contributed by atoms with Crippen LogP contribution in [0.1, 0.15) is 15.9 Å². The molecule has 4 rings (SSSR count). The first kappa shape index (κ1) is 23.5. The fraction of sp³-hybridized carbons (Fsp3) is 0.0833. The molecule has 0 aliphatic heterocycles. The molecule has 1 heterocycles. The Labute approximate surface area is 201 Å². The molecule has 34 heavy (non-hydrogen) atoms. The molecule has 0 atom stereocenters. The van der Waals surface area contributed by atoms with Gasteiger partial charge in [-0.2, -0.15) is 0 Å². The summed E-state index contributed by atoms with van der Waals surface area (Å²) in [5.41, 5.74) is 1.45. The van der Waals surface area contributed by atoms with E-state index in [0.717, 1.165) is 4.31 Å². The smallest absolute Gasteiger partial charge is 0.264 e. The molecule has 4 aromatic rings. The summed E-state index contributed by atoms with van der Waals surface area (Å²) in [7, 11) is -2.51. The number of nitrogens with zero attached hydrogens (tertiary/aromatic N) is 3. The van der Waals surface area contributed by atoms with E-state index < -0.39 is 21.7 Å². The number of aromatic nitrogens is 2. The molecule has 1 amide bonds. The molecule has 0 spiro atoms. The molecule has 0 aliphatic rings. The van der Waals surface area contributed by atoms with Gasteiger partial charge in [0, 0.05) is 36.6 Å². The van der Waals surface area contributed by atoms with Crippen molar-refractivity contribution >= 4 is 33.2 Å². The minimum atomic E-state index is -3.93. The normalized spacial score (nSPS) is 11.3. The average Bonchev–Trinajstić information content (AvgIpc) is 3.37. The highest BCUT2D eigenvalue weighted by molar-refractivity contribution is 7.92. The van der Waals surface area contributed by atoms with Crippen LogP contribution in [0.15, 0.2) is 90.3 Å². The van der Waals surface area contributed by atoms with Crippen LogP contribution in [0.25, 0.3) is 5.69 Å². The molecule has 1 N–H and O–H groups in total. The standard InChI is InChI=1S/C24H20ClFN4O3S/c1-29(20-6-3-5-19(25)14-20)34(32,33)21-7-2-4-18(13-21)24(31)28-15-17-8-9-23(22(26)12-17)30-11-10-27-16-30/h2-14,16H,15H2,1H3,(H,28,31). The van der Waals surface area contributed by atoms with Gasteiger partial charge in [-0.15, -0.1) is 0 Å². The summed E-state index contributed by atoms with van der Waals surface area (Å²) in [6.45, 7) is 0.0688. The van der Waals surface area contributed by atoms with Crippen molar-refractivity contribution in [3.63, 3.8) is 0 Å². The fourth-order valence-electron chi connectivity index (χ4n) is 3.32. The summed E-state index contributed by atoms with van der Waals surface area (Å²) in [6, 6.07) is 16.8. The van der Waals surface area contributed by atoms with Crippen molar-refractivity contribution in [3.8, 4) is 5.69 Å². The van der Waals surface area contributed by atoms with Crippen molar-refractivity contribution < 1.29 is 17.6 Å². The largest absolute Gasteiger partial charge is 0.348 e. The lowest BCUT2D eigenvalue weighted by atomic mass is 10.1. The average molecular weight is 499 g/mol. The van der Waals surface area contributed by atoms with Gasteiger partial charge in [-0.25, -0.2) is 17.8 Å². The molecule has 0 saturated heterocycles. The first-order valence-electron chi connectivity index (χ1n) is 10.2. The highest BCUT2D eigenvalue weighted by Crippen LogP contribution is 2.25. The molecule has 3 aromatic carbocycles. The quantitative estimate of drug-likeness (QED) is 0.409. The van der Waals surface area contributed by atoms with Crippen molar-refractivity contribution in [3.05, 3.63) is 107 Å². The van der Waals surface area contributed by atoms with Gasteiger partial charge in [0.25, 0.3) is 15.9 Å². The molecule has 1 aromatic heterocycles. The zero-order valence-electron chi connectivity index (χ0n) is 18.0. The van der Waals surface area contributed by atoms with Gasteiger partial charge in [0.1, 0.15) is 5.82 Å². The number of carbonyl (C=O) groups is 1. The van der Waals surface area contributed by atoms with E-state index in [1.807, 2.05) is 0 Å². The highest BCUT2D eigenvalue weighted by Gasteiger charge is 2.22. The van der Waals surface area contributed by atoms with E-state index in [2.05, 4.69) is 10.3 Å². The van der Waals surface area contributed by atoms with Gasteiger partial charge in [0.2, 0.25) is 0 Å². The molecule has 174 valence electrons. The predicted molar refractivity (Wildman–Crippen MR) is 128 cm³/mol. The molecule has 0 unspecified atom stereocenters. The Bertz CT molecular complexity index is 1440. The minimum absolute atomic E-state index is 0.0432. The number of nitrogens with one attached hydrogen (secondary N) is 1. The summed E-state index contributed by atoms with van der Waals surface area (Å²) in [6.07, 6.45) is 4.67. The van der Waals surface area contributed by atoms with Gasteiger partial charge < -0.3 is 9.88 Å². The van der Waals surface area contributed by atoms with Crippen LogP contribution in [0.4, 0.5) is 10.1 Å². The number of imidazole rings is 1. The lowest BCUT2D eigenvalue weighted by Crippen LogP contribution is -2.27. The number of anilines is 1. The van der Waals surface area contributed by atoms with Crippen LogP contribution in [-0.4, -0.2) is 30.9 Å². The van der Waals surface area contributed by atoms with Crippen LogP contribution in [0.2, 0.25) is 5.02 Å². The Morgan fingerprint density at radius 3 is 2.62 bits per heavy atom. The molecule has 0 bridgehead atoms. The molecule has 0 aliphatic carbocycles. The second kappa shape index (κ2) is 9.66. The van der Waals surface area contributed by atoms with Gasteiger partial charge in [0.05, 0.1) is 22.6 Å². The Morgan fingerprint density at radius 2 is 1.91 bits per heavy atom. The minimum Gasteiger partial charge on any atom is -0.348 e.